The van der Waals surface area contributed by atoms with Gasteiger partial charge in [0.05, 0.1) is 11.1 Å². The van der Waals surface area contributed by atoms with E-state index < -0.39 is 34.0 Å². The van der Waals surface area contributed by atoms with Crippen LogP contribution in [0.5, 0.6) is 0 Å². The van der Waals surface area contributed by atoms with Crippen molar-refractivity contribution in [2.45, 2.75) is 18.5 Å². The molecule has 0 bridgehead atoms. The molecular formula is C21H19ClFN3O3S2. The molecule has 1 amide bonds. The molecule has 2 aromatic carbocycles. The summed E-state index contributed by atoms with van der Waals surface area (Å²) in [7, 11) is -2.52. The first-order valence-corrected chi connectivity index (χ1v) is 12.1. The minimum absolute atomic E-state index is 0.131. The summed E-state index contributed by atoms with van der Waals surface area (Å²) in [5.74, 6) is -1.12. The third-order valence-electron chi connectivity index (χ3n) is 5.13. The first kappa shape index (κ1) is 21.9. The van der Waals surface area contributed by atoms with Gasteiger partial charge in [0.2, 0.25) is 5.91 Å². The minimum Gasteiger partial charge on any atom is -0.325 e. The number of carbonyl (C=O) groups excluding carboxylic acids is 1. The second-order valence-corrected chi connectivity index (χ2v) is 10.3. The molecule has 2 heterocycles. The third kappa shape index (κ3) is 4.65. The van der Waals surface area contributed by atoms with Gasteiger partial charge in [0, 0.05) is 17.6 Å². The predicted octanol–water partition coefficient (Wildman–Crippen LogP) is 4.43. The number of hydrogen-bond donors (Lipinski definition) is 2. The number of carbonyl (C=O) groups is 1. The summed E-state index contributed by atoms with van der Waals surface area (Å²) in [4.78, 5) is 13.7. The topological polar surface area (TPSA) is 78.5 Å². The van der Waals surface area contributed by atoms with E-state index in [0.717, 1.165) is 26.4 Å². The van der Waals surface area contributed by atoms with E-state index in [1.165, 1.54) is 30.5 Å². The molecule has 10 heteroatoms. The van der Waals surface area contributed by atoms with E-state index in [1.807, 2.05) is 41.8 Å². The molecule has 3 aromatic rings. The summed E-state index contributed by atoms with van der Waals surface area (Å²) in [5, 5.41) is 4.47. The zero-order valence-corrected chi connectivity index (χ0v) is 18.8. The lowest BCUT2D eigenvalue weighted by Crippen LogP contribution is -2.55. The fraction of sp³-hybridized carbons (Fsp3) is 0.190. The van der Waals surface area contributed by atoms with E-state index in [4.69, 9.17) is 11.6 Å². The number of benzene rings is 2. The molecule has 1 saturated heterocycles. The predicted molar refractivity (Wildman–Crippen MR) is 121 cm³/mol. The SMILES string of the molecule is CN1[C@H](C(=O)Nc2ccc(F)c(Cl)c2)C[C@H](c2cc(-c3ccccc3)cs2)NS1(=O)=O. The maximum absolute atomic E-state index is 13.4. The van der Waals surface area contributed by atoms with E-state index in [1.54, 1.807) is 0 Å². The van der Waals surface area contributed by atoms with Crippen LogP contribution in [-0.4, -0.2) is 31.7 Å². The fourth-order valence-corrected chi connectivity index (χ4v) is 5.92. The summed E-state index contributed by atoms with van der Waals surface area (Å²) in [6, 6.07) is 14.0. The summed E-state index contributed by atoms with van der Waals surface area (Å²) in [5.41, 5.74) is 2.31. The smallest absolute Gasteiger partial charge is 0.280 e. The van der Waals surface area contributed by atoms with Crippen molar-refractivity contribution in [2.75, 3.05) is 12.4 Å². The number of anilines is 1. The number of nitrogens with zero attached hydrogens (tertiary/aromatic N) is 1. The fourth-order valence-electron chi connectivity index (χ4n) is 3.41. The van der Waals surface area contributed by atoms with Gasteiger partial charge in [-0.1, -0.05) is 41.9 Å². The van der Waals surface area contributed by atoms with Gasteiger partial charge in [0.1, 0.15) is 11.9 Å². The molecule has 6 nitrogen and oxygen atoms in total. The highest BCUT2D eigenvalue weighted by Gasteiger charge is 2.41. The van der Waals surface area contributed by atoms with Crippen LogP contribution < -0.4 is 10.0 Å². The van der Waals surface area contributed by atoms with E-state index >= 15 is 0 Å². The zero-order chi connectivity index (χ0) is 22.2. The van der Waals surface area contributed by atoms with Crippen molar-refractivity contribution in [1.29, 1.82) is 0 Å². The minimum atomic E-state index is -3.87. The van der Waals surface area contributed by atoms with Gasteiger partial charge < -0.3 is 5.32 Å². The first-order chi connectivity index (χ1) is 14.7. The lowest BCUT2D eigenvalue weighted by molar-refractivity contribution is -0.120. The second kappa shape index (κ2) is 8.68. The number of likely N-dealkylation sites (N-methyl/N-ethyl adjacent to an activating group) is 1. The normalized spacial score (nSPS) is 21.0. The monoisotopic (exact) mass is 479 g/mol. The molecule has 1 aliphatic rings. The Morgan fingerprint density at radius 3 is 2.65 bits per heavy atom. The van der Waals surface area contributed by atoms with Crippen LogP contribution >= 0.6 is 22.9 Å². The lowest BCUT2D eigenvalue weighted by atomic mass is 10.0. The molecule has 1 aromatic heterocycles. The Labute approximate surface area is 188 Å². The molecule has 0 spiro atoms. The highest BCUT2D eigenvalue weighted by Crippen LogP contribution is 2.35. The molecule has 0 aliphatic carbocycles. The average Bonchev–Trinajstić information content (AvgIpc) is 3.23. The maximum atomic E-state index is 13.4. The number of rotatable bonds is 4. The van der Waals surface area contributed by atoms with Gasteiger partial charge in [-0.2, -0.15) is 17.4 Å². The number of halogens is 2. The van der Waals surface area contributed by atoms with Gasteiger partial charge >= 0.3 is 0 Å². The van der Waals surface area contributed by atoms with E-state index in [2.05, 4.69) is 10.0 Å². The molecule has 162 valence electrons. The molecule has 0 unspecified atom stereocenters. The number of hydrogen-bond acceptors (Lipinski definition) is 4. The van der Waals surface area contributed by atoms with Crippen molar-refractivity contribution in [1.82, 2.24) is 9.03 Å². The van der Waals surface area contributed by atoms with Crippen molar-refractivity contribution in [3.63, 3.8) is 0 Å². The molecule has 31 heavy (non-hydrogen) atoms. The summed E-state index contributed by atoms with van der Waals surface area (Å²) in [6.45, 7) is 0. The Hall–Kier alpha value is -2.30. The molecule has 1 fully saturated rings. The largest absolute Gasteiger partial charge is 0.325 e. The van der Waals surface area contributed by atoms with Crippen LogP contribution in [0.1, 0.15) is 17.3 Å². The van der Waals surface area contributed by atoms with Crippen LogP contribution in [0.3, 0.4) is 0 Å². The van der Waals surface area contributed by atoms with Gasteiger partial charge in [0.25, 0.3) is 10.2 Å². The van der Waals surface area contributed by atoms with Crippen LogP contribution in [-0.2, 0) is 15.0 Å². The van der Waals surface area contributed by atoms with Crippen LogP contribution in [0.2, 0.25) is 5.02 Å². The number of nitrogens with one attached hydrogen (secondary N) is 2. The van der Waals surface area contributed by atoms with Gasteiger partial charge in [-0.05, 0) is 47.2 Å². The molecule has 1 aliphatic heterocycles. The molecule has 4 rings (SSSR count). The van der Waals surface area contributed by atoms with Crippen molar-refractivity contribution in [2.24, 2.45) is 0 Å². The third-order valence-corrected chi connectivity index (χ3v) is 8.06. The number of thiophene rings is 1. The van der Waals surface area contributed by atoms with Crippen molar-refractivity contribution < 1.29 is 17.6 Å². The van der Waals surface area contributed by atoms with E-state index in [-0.39, 0.29) is 11.4 Å². The van der Waals surface area contributed by atoms with Crippen LogP contribution in [0.4, 0.5) is 10.1 Å². The van der Waals surface area contributed by atoms with Gasteiger partial charge in [-0.25, -0.2) is 4.39 Å². The summed E-state index contributed by atoms with van der Waals surface area (Å²) < 4.78 is 42.4. The molecule has 2 N–H and O–H groups in total. The standard InChI is InChI=1S/C21H19ClFN3O3S2/c1-26-19(21(27)24-15-7-8-17(23)16(22)10-15)11-18(25-31(26,28)29)20-9-14(12-30-20)13-5-3-2-4-6-13/h2-10,12,18-19,25H,11H2,1H3,(H,24,27)/t18-,19+/m1/s1. The Morgan fingerprint density at radius 2 is 1.94 bits per heavy atom. The highest BCUT2D eigenvalue weighted by molar-refractivity contribution is 7.87. The molecular weight excluding hydrogens is 461 g/mol. The second-order valence-electron chi connectivity index (χ2n) is 7.17. The van der Waals surface area contributed by atoms with Crippen molar-refractivity contribution in [3.8, 4) is 11.1 Å². The first-order valence-electron chi connectivity index (χ1n) is 9.39. The Kier molecular flexibility index (Phi) is 6.14. The number of amides is 1. The Bertz CT molecular complexity index is 1220. The molecule has 0 radical (unpaired) electrons. The summed E-state index contributed by atoms with van der Waals surface area (Å²) >= 11 is 7.21. The van der Waals surface area contributed by atoms with E-state index in [0.29, 0.717) is 5.69 Å². The van der Waals surface area contributed by atoms with Crippen LogP contribution in [0.25, 0.3) is 11.1 Å². The van der Waals surface area contributed by atoms with Gasteiger partial charge in [0.15, 0.2) is 0 Å². The summed E-state index contributed by atoms with van der Waals surface area (Å²) in [6.07, 6.45) is 0.241. The van der Waals surface area contributed by atoms with Crippen molar-refractivity contribution >= 4 is 44.7 Å². The van der Waals surface area contributed by atoms with Crippen LogP contribution in [0, 0.1) is 5.82 Å². The van der Waals surface area contributed by atoms with E-state index in [9.17, 15) is 17.6 Å². The quantitative estimate of drug-likeness (QED) is 0.581. The Morgan fingerprint density at radius 1 is 1.19 bits per heavy atom. The van der Waals surface area contributed by atoms with Gasteiger partial charge in [-0.15, -0.1) is 11.3 Å². The highest BCUT2D eigenvalue weighted by atomic mass is 35.5. The average molecular weight is 480 g/mol. The van der Waals surface area contributed by atoms with Crippen molar-refractivity contribution in [3.05, 3.63) is 75.7 Å². The maximum Gasteiger partial charge on any atom is 0.280 e. The van der Waals surface area contributed by atoms with Crippen LogP contribution in [0.15, 0.2) is 60.0 Å². The zero-order valence-electron chi connectivity index (χ0n) is 16.4. The van der Waals surface area contributed by atoms with Gasteiger partial charge in [-0.3, -0.25) is 4.79 Å². The molecule has 2 atom stereocenters. The lowest BCUT2D eigenvalue weighted by Gasteiger charge is -2.35. The Balaban J connectivity index is 1.57. The molecule has 0 saturated carbocycles.